The molecular weight excluding hydrogens is 340 g/mol. The van der Waals surface area contributed by atoms with Crippen molar-refractivity contribution in [3.63, 3.8) is 0 Å². The summed E-state index contributed by atoms with van der Waals surface area (Å²) in [7, 11) is 0. The molecule has 0 spiro atoms. The molecule has 6 nitrogen and oxygen atoms in total. The molecule has 0 radical (unpaired) electrons. The highest BCUT2D eigenvalue weighted by atomic mass is 16.3. The SMILES string of the molecule is Cc1n[nH]c(C)c1-c1ccc(C(=O)NCCCN2CCCC[C@@H]2CO)cc1. The highest BCUT2D eigenvalue weighted by Gasteiger charge is 2.20. The first-order chi connectivity index (χ1) is 13.1. The maximum absolute atomic E-state index is 12.4. The van der Waals surface area contributed by atoms with Crippen molar-refractivity contribution in [2.45, 2.75) is 45.6 Å². The van der Waals surface area contributed by atoms with Crippen LogP contribution in [-0.2, 0) is 0 Å². The van der Waals surface area contributed by atoms with Gasteiger partial charge in [-0.15, -0.1) is 0 Å². The van der Waals surface area contributed by atoms with E-state index in [0.29, 0.717) is 12.1 Å². The zero-order valence-corrected chi connectivity index (χ0v) is 16.3. The highest BCUT2D eigenvalue weighted by molar-refractivity contribution is 5.94. The molecule has 1 fully saturated rings. The van der Waals surface area contributed by atoms with E-state index in [1.165, 1.54) is 12.8 Å². The number of nitrogens with zero attached hydrogens (tertiary/aromatic N) is 2. The number of carbonyl (C=O) groups excluding carboxylic acids is 1. The van der Waals surface area contributed by atoms with E-state index in [-0.39, 0.29) is 18.6 Å². The number of aromatic amines is 1. The van der Waals surface area contributed by atoms with Crippen LogP contribution in [0, 0.1) is 13.8 Å². The minimum atomic E-state index is -0.0421. The Labute approximate surface area is 161 Å². The Balaban J connectivity index is 1.48. The molecule has 1 aliphatic heterocycles. The summed E-state index contributed by atoms with van der Waals surface area (Å²) in [5, 5.41) is 19.7. The summed E-state index contributed by atoms with van der Waals surface area (Å²) in [6.45, 7) is 6.82. The van der Waals surface area contributed by atoms with Crippen LogP contribution in [0.5, 0.6) is 0 Å². The Hall–Kier alpha value is -2.18. The van der Waals surface area contributed by atoms with Gasteiger partial charge in [-0.2, -0.15) is 5.10 Å². The highest BCUT2D eigenvalue weighted by Crippen LogP contribution is 2.25. The first kappa shape index (κ1) is 19.6. The lowest BCUT2D eigenvalue weighted by Gasteiger charge is -2.34. The van der Waals surface area contributed by atoms with Crippen LogP contribution >= 0.6 is 0 Å². The van der Waals surface area contributed by atoms with Crippen LogP contribution < -0.4 is 5.32 Å². The third-order valence-electron chi connectivity index (χ3n) is 5.43. The lowest BCUT2D eigenvalue weighted by atomic mass is 10.0. The average Bonchev–Trinajstić information content (AvgIpc) is 3.03. The topological polar surface area (TPSA) is 81.2 Å². The van der Waals surface area contributed by atoms with Crippen LogP contribution in [0.4, 0.5) is 0 Å². The molecule has 2 heterocycles. The number of nitrogens with one attached hydrogen (secondary N) is 2. The molecule has 6 heteroatoms. The molecule has 2 aromatic rings. The second kappa shape index (κ2) is 9.15. The molecule has 0 aliphatic carbocycles. The number of hydrogen-bond donors (Lipinski definition) is 3. The third kappa shape index (κ3) is 4.76. The Morgan fingerprint density at radius 3 is 2.74 bits per heavy atom. The van der Waals surface area contributed by atoms with Crippen LogP contribution in [0.3, 0.4) is 0 Å². The molecule has 0 bridgehead atoms. The number of benzene rings is 1. The minimum absolute atomic E-state index is 0.0421. The van der Waals surface area contributed by atoms with Gasteiger partial charge < -0.3 is 10.4 Å². The van der Waals surface area contributed by atoms with Crippen molar-refractivity contribution in [1.29, 1.82) is 0 Å². The van der Waals surface area contributed by atoms with Gasteiger partial charge in [-0.1, -0.05) is 18.6 Å². The molecule has 0 unspecified atom stereocenters. The van der Waals surface area contributed by atoms with Crippen molar-refractivity contribution in [1.82, 2.24) is 20.4 Å². The van der Waals surface area contributed by atoms with Gasteiger partial charge in [0.05, 0.1) is 12.3 Å². The van der Waals surface area contributed by atoms with Gasteiger partial charge in [0.2, 0.25) is 0 Å². The number of aryl methyl sites for hydroxylation is 2. The van der Waals surface area contributed by atoms with E-state index in [9.17, 15) is 9.90 Å². The number of amides is 1. The molecule has 146 valence electrons. The van der Waals surface area contributed by atoms with Crippen molar-refractivity contribution in [3.05, 3.63) is 41.2 Å². The van der Waals surface area contributed by atoms with E-state index in [1.807, 2.05) is 38.1 Å². The number of rotatable bonds is 7. The van der Waals surface area contributed by atoms with Gasteiger partial charge in [0.1, 0.15) is 0 Å². The maximum Gasteiger partial charge on any atom is 0.251 e. The normalized spacial score (nSPS) is 17.8. The van der Waals surface area contributed by atoms with Crippen molar-refractivity contribution in [2.75, 3.05) is 26.2 Å². The summed E-state index contributed by atoms with van der Waals surface area (Å²) >= 11 is 0. The lowest BCUT2D eigenvalue weighted by molar-refractivity contribution is 0.0868. The number of aliphatic hydroxyl groups excluding tert-OH is 1. The smallest absolute Gasteiger partial charge is 0.251 e. The molecule has 3 N–H and O–H groups in total. The monoisotopic (exact) mass is 370 g/mol. The van der Waals surface area contributed by atoms with Gasteiger partial charge in [-0.25, -0.2) is 0 Å². The number of piperidine rings is 1. The summed E-state index contributed by atoms with van der Waals surface area (Å²) in [6.07, 6.45) is 4.37. The first-order valence-electron chi connectivity index (χ1n) is 9.85. The van der Waals surface area contributed by atoms with E-state index < -0.39 is 0 Å². The van der Waals surface area contributed by atoms with E-state index in [1.54, 1.807) is 0 Å². The summed E-state index contributed by atoms with van der Waals surface area (Å²) in [5.74, 6) is -0.0421. The van der Waals surface area contributed by atoms with Gasteiger partial charge in [-0.3, -0.25) is 14.8 Å². The number of aliphatic hydroxyl groups is 1. The molecular formula is C21H30N4O2. The van der Waals surface area contributed by atoms with Gasteiger partial charge in [0, 0.05) is 36.0 Å². The molecule has 0 saturated carbocycles. The van der Waals surface area contributed by atoms with Gasteiger partial charge >= 0.3 is 0 Å². The number of likely N-dealkylation sites (tertiary alicyclic amines) is 1. The molecule has 27 heavy (non-hydrogen) atoms. The van der Waals surface area contributed by atoms with Crippen LogP contribution in [0.25, 0.3) is 11.1 Å². The quantitative estimate of drug-likeness (QED) is 0.655. The number of aromatic nitrogens is 2. The average molecular weight is 370 g/mol. The fraction of sp³-hybridized carbons (Fsp3) is 0.524. The molecule has 3 rings (SSSR count). The fourth-order valence-electron chi connectivity index (χ4n) is 3.91. The maximum atomic E-state index is 12.4. The zero-order chi connectivity index (χ0) is 19.2. The van der Waals surface area contributed by atoms with Crippen LogP contribution in [-0.4, -0.2) is 58.4 Å². The molecule has 1 aromatic heterocycles. The van der Waals surface area contributed by atoms with Gasteiger partial charge in [0.25, 0.3) is 5.91 Å². The van der Waals surface area contributed by atoms with Crippen molar-refractivity contribution in [2.24, 2.45) is 0 Å². The molecule has 1 atom stereocenters. The van der Waals surface area contributed by atoms with E-state index in [4.69, 9.17) is 0 Å². The Bertz CT molecular complexity index is 735. The second-order valence-electron chi connectivity index (χ2n) is 7.36. The van der Waals surface area contributed by atoms with E-state index in [0.717, 1.165) is 48.4 Å². The standard InChI is InChI=1S/C21H30N4O2/c1-15-20(16(2)24-23-15)17-7-9-18(10-8-17)21(27)22-11-5-13-25-12-4-3-6-19(25)14-26/h7-10,19,26H,3-6,11-14H2,1-2H3,(H,22,27)(H,23,24)/t19-/m1/s1. The Morgan fingerprint density at radius 1 is 1.30 bits per heavy atom. The largest absolute Gasteiger partial charge is 0.395 e. The Kier molecular flexibility index (Phi) is 6.63. The zero-order valence-electron chi connectivity index (χ0n) is 16.3. The summed E-state index contributed by atoms with van der Waals surface area (Å²) < 4.78 is 0. The number of hydrogen-bond acceptors (Lipinski definition) is 4. The third-order valence-corrected chi connectivity index (χ3v) is 5.43. The minimum Gasteiger partial charge on any atom is -0.395 e. The van der Waals surface area contributed by atoms with Crippen LogP contribution in [0.2, 0.25) is 0 Å². The van der Waals surface area contributed by atoms with Crippen molar-refractivity contribution >= 4 is 5.91 Å². The summed E-state index contributed by atoms with van der Waals surface area (Å²) in [4.78, 5) is 14.7. The lowest BCUT2D eigenvalue weighted by Crippen LogP contribution is -2.43. The molecule has 1 amide bonds. The Morgan fingerprint density at radius 2 is 2.07 bits per heavy atom. The molecule has 1 aromatic carbocycles. The predicted octanol–water partition coefficient (Wildman–Crippen LogP) is 2.66. The van der Waals surface area contributed by atoms with E-state index in [2.05, 4.69) is 20.4 Å². The van der Waals surface area contributed by atoms with E-state index >= 15 is 0 Å². The van der Waals surface area contributed by atoms with Gasteiger partial charge in [-0.05, 0) is 57.4 Å². The van der Waals surface area contributed by atoms with Gasteiger partial charge in [0.15, 0.2) is 0 Å². The number of H-pyrrole nitrogens is 1. The summed E-state index contributed by atoms with van der Waals surface area (Å²) in [5.41, 5.74) is 4.83. The van der Waals surface area contributed by atoms with Crippen LogP contribution in [0.1, 0.15) is 47.4 Å². The number of carbonyl (C=O) groups is 1. The van der Waals surface area contributed by atoms with Crippen LogP contribution in [0.15, 0.2) is 24.3 Å². The first-order valence-corrected chi connectivity index (χ1v) is 9.85. The van der Waals surface area contributed by atoms with Crippen molar-refractivity contribution < 1.29 is 9.90 Å². The predicted molar refractivity (Wildman–Crippen MR) is 107 cm³/mol. The molecule has 1 saturated heterocycles. The van der Waals surface area contributed by atoms with Crippen molar-refractivity contribution in [3.8, 4) is 11.1 Å². The molecule has 1 aliphatic rings. The second-order valence-corrected chi connectivity index (χ2v) is 7.36. The fourth-order valence-corrected chi connectivity index (χ4v) is 3.91. The summed E-state index contributed by atoms with van der Waals surface area (Å²) in [6, 6.07) is 7.96.